The first-order valence-electron chi connectivity index (χ1n) is 18.0. The molecule has 10 nitrogen and oxygen atoms in total. The van der Waals surface area contributed by atoms with Crippen molar-refractivity contribution in [3.05, 3.63) is 54.6 Å². The molecule has 48 heavy (non-hydrogen) atoms. The van der Waals surface area contributed by atoms with Crippen LogP contribution in [-0.4, -0.2) is 100 Å². The second kappa shape index (κ2) is 12.1. The Hall–Kier alpha value is -4.15. The molecule has 3 atom stereocenters. The van der Waals surface area contributed by atoms with E-state index >= 15 is 0 Å². The van der Waals surface area contributed by atoms with Crippen LogP contribution in [0.15, 0.2) is 54.6 Å². The quantitative estimate of drug-likeness (QED) is 0.260. The van der Waals surface area contributed by atoms with Crippen molar-refractivity contribution in [3.63, 3.8) is 0 Å². The number of amides is 2. The van der Waals surface area contributed by atoms with Crippen molar-refractivity contribution >= 4 is 33.5 Å². The Morgan fingerprint density at radius 3 is 2.56 bits per heavy atom. The van der Waals surface area contributed by atoms with Gasteiger partial charge in [-0.3, -0.25) is 4.90 Å². The maximum atomic E-state index is 13.5. The fourth-order valence-electron chi connectivity index (χ4n) is 9.39. The van der Waals surface area contributed by atoms with Gasteiger partial charge in [0, 0.05) is 31.1 Å². The van der Waals surface area contributed by atoms with Crippen molar-refractivity contribution in [2.45, 2.75) is 75.0 Å². The van der Waals surface area contributed by atoms with Gasteiger partial charge in [-0.05, 0) is 117 Å². The van der Waals surface area contributed by atoms with E-state index in [2.05, 4.69) is 49.6 Å². The lowest BCUT2D eigenvalue weighted by atomic mass is 9.95. The summed E-state index contributed by atoms with van der Waals surface area (Å²) < 4.78 is 6.57. The predicted octanol–water partition coefficient (Wildman–Crippen LogP) is 5.28. The van der Waals surface area contributed by atoms with E-state index in [4.69, 9.17) is 14.7 Å². The van der Waals surface area contributed by atoms with Crippen LogP contribution in [-0.2, 0) is 0 Å². The Bertz CT molecular complexity index is 1840. The summed E-state index contributed by atoms with van der Waals surface area (Å²) in [5, 5.41) is 20.4. The number of aromatic hydroxyl groups is 1. The molecule has 9 rings (SSSR count). The predicted molar refractivity (Wildman–Crippen MR) is 188 cm³/mol. The lowest BCUT2D eigenvalue weighted by Crippen LogP contribution is -2.60. The van der Waals surface area contributed by atoms with Gasteiger partial charge < -0.3 is 30.3 Å². The van der Waals surface area contributed by atoms with Crippen LogP contribution in [0.2, 0.25) is 0 Å². The molecule has 4 aromatic rings. The van der Waals surface area contributed by atoms with Gasteiger partial charge >= 0.3 is 12.0 Å². The van der Waals surface area contributed by atoms with Gasteiger partial charge in [0.25, 0.3) is 0 Å². The van der Waals surface area contributed by atoms with E-state index < -0.39 is 0 Å². The number of hydrogen-bond donors (Lipinski definition) is 3. The molecule has 5 saturated heterocycles. The highest BCUT2D eigenvalue weighted by atomic mass is 16.5. The minimum absolute atomic E-state index is 0.0762. The molecule has 5 aliphatic heterocycles. The van der Waals surface area contributed by atoms with E-state index in [-0.39, 0.29) is 35.4 Å². The van der Waals surface area contributed by atoms with Gasteiger partial charge in [-0.2, -0.15) is 9.97 Å². The third-order valence-electron chi connectivity index (χ3n) is 11.7. The summed E-state index contributed by atoms with van der Waals surface area (Å²) in [5.74, 6) is 1.12. The van der Waals surface area contributed by atoms with E-state index in [1.165, 1.54) is 12.8 Å². The van der Waals surface area contributed by atoms with Crippen LogP contribution in [0, 0.1) is 0 Å². The third-order valence-corrected chi connectivity index (χ3v) is 11.7. The van der Waals surface area contributed by atoms with E-state index in [0.29, 0.717) is 12.6 Å². The number of anilines is 1. The number of nitrogens with one attached hydrogen (secondary N) is 2. The van der Waals surface area contributed by atoms with Gasteiger partial charge in [-0.15, -0.1) is 0 Å². The number of phenolic OH excluding ortho intramolecular Hbond substituents is 1. The summed E-state index contributed by atoms with van der Waals surface area (Å²) in [5.41, 5.74) is 2.87. The molecular formula is C38H45N7O3. The molecule has 0 unspecified atom stereocenters. The molecule has 10 heteroatoms. The number of benzene rings is 3. The van der Waals surface area contributed by atoms with E-state index in [0.717, 1.165) is 116 Å². The highest BCUT2D eigenvalue weighted by Gasteiger charge is 2.46. The Kier molecular flexibility index (Phi) is 7.53. The number of piperidine rings is 1. The first-order valence-corrected chi connectivity index (χ1v) is 18.0. The number of nitrogens with zero attached hydrogens (tertiary/aromatic N) is 5. The van der Waals surface area contributed by atoms with E-state index in [9.17, 15) is 9.90 Å². The zero-order valence-electron chi connectivity index (χ0n) is 27.5. The summed E-state index contributed by atoms with van der Waals surface area (Å²) >= 11 is 0. The standard InChI is InChI=1S/C38H45N7O3/c46-30-18-25-6-1-2-8-31(25)33(20-30)26-9-12-32-34(19-26)41-36(48-24-38-13-4-16-44(38)17-5-14-38)42-35(32)43-22-28-10-11-29(23-43)45(28)37(47)40-27-7-3-15-39-21-27/h1-2,6,8-9,12,18-20,27-29,39,46H,3-5,7,10-11,13-17,21-24H2,(H,40,47)/t27-,28-,29+/m1/s1. The van der Waals surface area contributed by atoms with E-state index in [1.807, 2.05) is 24.3 Å². The topological polar surface area (TPSA) is 106 Å². The highest BCUT2D eigenvalue weighted by molar-refractivity contribution is 6.01. The average Bonchev–Trinajstić information content (AvgIpc) is 3.77. The molecule has 0 aliphatic carbocycles. The van der Waals surface area contributed by atoms with Crippen LogP contribution in [0.3, 0.4) is 0 Å². The van der Waals surface area contributed by atoms with Crippen LogP contribution in [0.4, 0.5) is 10.6 Å². The number of ether oxygens (including phenoxy) is 1. The zero-order chi connectivity index (χ0) is 32.2. The number of hydrogen-bond acceptors (Lipinski definition) is 8. The highest BCUT2D eigenvalue weighted by Crippen LogP contribution is 2.41. The SMILES string of the molecule is O=C(N[C@@H]1CCCNC1)N1[C@@H]2CC[C@H]1CN(c1nc(OCC34CCCN3CCC4)nc3cc(-c4cc(O)cc5ccccc45)ccc13)C2. The number of aromatic nitrogens is 2. The Morgan fingerprint density at radius 1 is 0.958 bits per heavy atom. The van der Waals surface area contributed by atoms with Gasteiger partial charge in [0.15, 0.2) is 0 Å². The van der Waals surface area contributed by atoms with Crippen LogP contribution in [0.5, 0.6) is 11.8 Å². The normalized spacial score (nSPS) is 25.1. The fourth-order valence-corrected chi connectivity index (χ4v) is 9.39. The zero-order valence-corrected chi connectivity index (χ0v) is 27.5. The molecule has 2 amide bonds. The molecule has 0 saturated carbocycles. The van der Waals surface area contributed by atoms with Crippen LogP contribution < -0.4 is 20.3 Å². The number of piperazine rings is 1. The van der Waals surface area contributed by atoms with E-state index in [1.54, 1.807) is 6.07 Å². The Labute approximate surface area is 281 Å². The number of carbonyl (C=O) groups is 1. The molecule has 3 aromatic carbocycles. The van der Waals surface area contributed by atoms with Crippen molar-refractivity contribution in [3.8, 4) is 22.9 Å². The van der Waals surface area contributed by atoms with Gasteiger partial charge in [0.05, 0.1) is 23.1 Å². The van der Waals surface area contributed by atoms with Crippen molar-refractivity contribution in [1.82, 2.24) is 30.4 Å². The molecule has 0 spiro atoms. The smallest absolute Gasteiger partial charge is 0.319 e. The van der Waals surface area contributed by atoms with Crippen molar-refractivity contribution < 1.29 is 14.6 Å². The largest absolute Gasteiger partial charge is 0.508 e. The second-order valence-electron chi connectivity index (χ2n) is 14.7. The van der Waals surface area contributed by atoms with Crippen molar-refractivity contribution in [1.29, 1.82) is 0 Å². The lowest BCUT2D eigenvalue weighted by Gasteiger charge is -2.42. The Morgan fingerprint density at radius 2 is 1.77 bits per heavy atom. The monoisotopic (exact) mass is 647 g/mol. The molecule has 5 aliphatic rings. The number of rotatable bonds is 6. The average molecular weight is 648 g/mol. The maximum Gasteiger partial charge on any atom is 0.319 e. The van der Waals surface area contributed by atoms with Crippen LogP contribution in [0.1, 0.15) is 51.4 Å². The lowest BCUT2D eigenvalue weighted by molar-refractivity contribution is 0.108. The molecular weight excluding hydrogens is 602 g/mol. The minimum Gasteiger partial charge on any atom is -0.508 e. The van der Waals surface area contributed by atoms with Crippen molar-refractivity contribution in [2.24, 2.45) is 0 Å². The molecule has 6 heterocycles. The first kappa shape index (κ1) is 29.9. The maximum absolute atomic E-state index is 13.5. The van der Waals surface area contributed by atoms with Gasteiger partial charge in [0.2, 0.25) is 0 Å². The van der Waals surface area contributed by atoms with Crippen molar-refractivity contribution in [2.75, 3.05) is 50.8 Å². The number of urea groups is 1. The van der Waals surface area contributed by atoms with Gasteiger partial charge in [-0.1, -0.05) is 30.3 Å². The van der Waals surface area contributed by atoms with Crippen LogP contribution >= 0.6 is 0 Å². The number of fused-ring (bicyclic) bond motifs is 5. The fraction of sp³-hybridized carbons (Fsp3) is 0.500. The molecule has 1 aromatic heterocycles. The summed E-state index contributed by atoms with van der Waals surface area (Å²) in [7, 11) is 0. The summed E-state index contributed by atoms with van der Waals surface area (Å²) in [6.45, 7) is 6.23. The van der Waals surface area contributed by atoms with Gasteiger partial charge in [0.1, 0.15) is 18.2 Å². The molecule has 3 N–H and O–H groups in total. The molecule has 2 bridgehead atoms. The summed E-state index contributed by atoms with van der Waals surface area (Å²) in [4.78, 5) is 30.8. The molecule has 5 fully saturated rings. The second-order valence-corrected chi connectivity index (χ2v) is 14.7. The minimum atomic E-state index is 0.0762. The number of carbonyl (C=O) groups excluding carboxylic acids is 1. The summed E-state index contributed by atoms with van der Waals surface area (Å²) in [6.07, 6.45) is 8.87. The summed E-state index contributed by atoms with van der Waals surface area (Å²) in [6, 6.07) is 19.1. The van der Waals surface area contributed by atoms with Crippen LogP contribution in [0.25, 0.3) is 32.8 Å². The first-order chi connectivity index (χ1) is 23.5. The third kappa shape index (κ3) is 5.29. The number of phenols is 1. The molecule has 250 valence electrons. The Balaban J connectivity index is 1.06. The molecule has 0 radical (unpaired) electrons. The van der Waals surface area contributed by atoms with Gasteiger partial charge in [-0.25, -0.2) is 4.79 Å².